The number of hydrogen-bond donors (Lipinski definition) is 1. The Morgan fingerprint density at radius 3 is 2.65 bits per heavy atom. The zero-order valence-electron chi connectivity index (χ0n) is 11.7. The van der Waals surface area contributed by atoms with E-state index in [4.69, 9.17) is 5.11 Å². The van der Waals surface area contributed by atoms with E-state index in [0.29, 0.717) is 5.56 Å². The van der Waals surface area contributed by atoms with E-state index in [9.17, 15) is 12.8 Å². The third kappa shape index (κ3) is 2.60. The van der Waals surface area contributed by atoms with E-state index in [-0.39, 0.29) is 23.6 Å². The van der Waals surface area contributed by atoms with Crippen LogP contribution in [0.15, 0.2) is 23.1 Å². The van der Waals surface area contributed by atoms with Gasteiger partial charge in [-0.3, -0.25) is 0 Å². The topological polar surface area (TPSA) is 57.6 Å². The number of aliphatic hydroxyl groups is 1. The molecule has 0 aliphatic carbocycles. The summed E-state index contributed by atoms with van der Waals surface area (Å²) < 4.78 is 40.8. The van der Waals surface area contributed by atoms with Crippen LogP contribution in [-0.4, -0.2) is 29.9 Å². The summed E-state index contributed by atoms with van der Waals surface area (Å²) in [6.07, 6.45) is 2.33. The minimum Gasteiger partial charge on any atom is -0.392 e. The fourth-order valence-corrected chi connectivity index (χ4v) is 4.83. The van der Waals surface area contributed by atoms with Crippen LogP contribution in [0, 0.1) is 5.82 Å². The summed E-state index contributed by atoms with van der Waals surface area (Å²) in [7, 11) is -3.83. The van der Waals surface area contributed by atoms with Gasteiger partial charge in [-0.05, 0) is 43.9 Å². The third-order valence-electron chi connectivity index (χ3n) is 3.92. The van der Waals surface area contributed by atoms with Crippen molar-refractivity contribution in [1.29, 1.82) is 0 Å². The Balaban J connectivity index is 2.44. The molecule has 1 N–H and O–H groups in total. The first-order valence-electron chi connectivity index (χ1n) is 6.84. The number of halogens is 1. The van der Waals surface area contributed by atoms with Crippen LogP contribution >= 0.6 is 0 Å². The van der Waals surface area contributed by atoms with Crippen LogP contribution in [-0.2, 0) is 16.6 Å². The van der Waals surface area contributed by atoms with E-state index in [1.54, 1.807) is 0 Å². The maximum Gasteiger partial charge on any atom is 0.246 e. The average molecular weight is 301 g/mol. The highest BCUT2D eigenvalue weighted by Crippen LogP contribution is 2.33. The molecule has 4 nitrogen and oxygen atoms in total. The molecule has 0 aromatic heterocycles. The van der Waals surface area contributed by atoms with E-state index in [1.165, 1.54) is 16.4 Å². The van der Waals surface area contributed by atoms with E-state index >= 15 is 0 Å². The van der Waals surface area contributed by atoms with Crippen molar-refractivity contribution >= 4 is 10.0 Å². The molecule has 1 heterocycles. The van der Waals surface area contributed by atoms with Crippen molar-refractivity contribution in [2.45, 2.75) is 56.7 Å². The quantitative estimate of drug-likeness (QED) is 0.928. The predicted octanol–water partition coefficient (Wildman–Crippen LogP) is 2.27. The summed E-state index contributed by atoms with van der Waals surface area (Å²) in [4.78, 5) is -0.304. The van der Waals surface area contributed by atoms with Crippen LogP contribution in [0.5, 0.6) is 0 Å². The maximum absolute atomic E-state index is 14.0. The summed E-state index contributed by atoms with van der Waals surface area (Å²) in [5.41, 5.74) is 0.364. The van der Waals surface area contributed by atoms with Gasteiger partial charge in [0.1, 0.15) is 10.7 Å². The molecule has 6 heteroatoms. The lowest BCUT2D eigenvalue weighted by Crippen LogP contribution is -2.40. The Labute approximate surface area is 119 Å². The number of rotatable bonds is 4. The molecule has 112 valence electrons. The maximum atomic E-state index is 14.0. The van der Waals surface area contributed by atoms with Gasteiger partial charge in [0.05, 0.1) is 6.61 Å². The molecule has 1 saturated heterocycles. The molecule has 1 aliphatic heterocycles. The van der Waals surface area contributed by atoms with Crippen molar-refractivity contribution < 1.29 is 17.9 Å². The second kappa shape index (κ2) is 5.79. The Kier molecular flexibility index (Phi) is 4.46. The molecule has 0 radical (unpaired) electrons. The molecule has 1 aliphatic rings. The molecule has 0 spiro atoms. The van der Waals surface area contributed by atoms with Gasteiger partial charge in [-0.15, -0.1) is 0 Å². The normalized spacial score (nSPS) is 24.2. The van der Waals surface area contributed by atoms with Crippen molar-refractivity contribution in [3.05, 3.63) is 29.6 Å². The molecule has 0 bridgehead atoms. The molecule has 20 heavy (non-hydrogen) atoms. The number of sulfonamides is 1. The number of aliphatic hydroxyl groups excluding tert-OH is 1. The van der Waals surface area contributed by atoms with Crippen molar-refractivity contribution in [3.8, 4) is 0 Å². The SMILES string of the molecule is CCC1CCC(C)N1S(=O)(=O)c1ccc(CO)cc1F. The Morgan fingerprint density at radius 2 is 2.10 bits per heavy atom. The molecule has 1 aromatic rings. The molecular weight excluding hydrogens is 281 g/mol. The largest absolute Gasteiger partial charge is 0.392 e. The molecular formula is C14H20FNO3S. The van der Waals surface area contributed by atoms with E-state index in [2.05, 4.69) is 0 Å². The smallest absolute Gasteiger partial charge is 0.246 e. The van der Waals surface area contributed by atoms with Crippen LogP contribution in [0.4, 0.5) is 4.39 Å². The molecule has 1 aromatic carbocycles. The summed E-state index contributed by atoms with van der Waals surface area (Å²) >= 11 is 0. The van der Waals surface area contributed by atoms with E-state index in [0.717, 1.165) is 25.3 Å². The molecule has 2 unspecified atom stereocenters. The van der Waals surface area contributed by atoms with Gasteiger partial charge in [0, 0.05) is 12.1 Å². The van der Waals surface area contributed by atoms with Gasteiger partial charge in [0.25, 0.3) is 0 Å². The van der Waals surface area contributed by atoms with Gasteiger partial charge in [0.15, 0.2) is 0 Å². The molecule has 1 fully saturated rings. The van der Waals surface area contributed by atoms with Gasteiger partial charge >= 0.3 is 0 Å². The van der Waals surface area contributed by atoms with Crippen LogP contribution in [0.1, 0.15) is 38.7 Å². The van der Waals surface area contributed by atoms with Crippen molar-refractivity contribution in [1.82, 2.24) is 4.31 Å². The second-order valence-corrected chi connectivity index (χ2v) is 7.06. The minimum atomic E-state index is -3.83. The van der Waals surface area contributed by atoms with Crippen LogP contribution in [0.2, 0.25) is 0 Å². The number of nitrogens with zero attached hydrogens (tertiary/aromatic N) is 1. The zero-order chi connectivity index (χ0) is 14.9. The monoisotopic (exact) mass is 301 g/mol. The number of hydrogen-bond acceptors (Lipinski definition) is 3. The fourth-order valence-electron chi connectivity index (χ4n) is 2.83. The summed E-state index contributed by atoms with van der Waals surface area (Å²) in [6.45, 7) is 3.48. The lowest BCUT2D eigenvalue weighted by molar-refractivity contribution is 0.281. The Morgan fingerprint density at radius 1 is 1.40 bits per heavy atom. The van der Waals surface area contributed by atoms with Crippen LogP contribution in [0.25, 0.3) is 0 Å². The van der Waals surface area contributed by atoms with Crippen molar-refractivity contribution in [2.75, 3.05) is 0 Å². The summed E-state index contributed by atoms with van der Waals surface area (Å²) in [5.74, 6) is -0.800. The molecule has 0 saturated carbocycles. The van der Waals surface area contributed by atoms with Crippen LogP contribution in [0.3, 0.4) is 0 Å². The van der Waals surface area contributed by atoms with Gasteiger partial charge in [-0.1, -0.05) is 13.0 Å². The molecule has 0 amide bonds. The molecule has 2 atom stereocenters. The third-order valence-corrected chi connectivity index (χ3v) is 6.02. The molecule has 2 rings (SSSR count). The first-order chi connectivity index (χ1) is 9.41. The highest BCUT2D eigenvalue weighted by molar-refractivity contribution is 7.89. The van der Waals surface area contributed by atoms with E-state index < -0.39 is 15.8 Å². The fraction of sp³-hybridized carbons (Fsp3) is 0.571. The Hall–Kier alpha value is -0.980. The lowest BCUT2D eigenvalue weighted by atomic mass is 10.2. The second-order valence-electron chi connectivity index (χ2n) is 5.25. The predicted molar refractivity (Wildman–Crippen MR) is 74.1 cm³/mol. The zero-order valence-corrected chi connectivity index (χ0v) is 12.5. The van der Waals surface area contributed by atoms with Gasteiger partial charge < -0.3 is 5.11 Å². The van der Waals surface area contributed by atoms with Crippen molar-refractivity contribution in [3.63, 3.8) is 0 Å². The average Bonchev–Trinajstić information content (AvgIpc) is 2.80. The summed E-state index contributed by atoms with van der Waals surface area (Å²) in [6, 6.07) is 3.59. The number of benzene rings is 1. The van der Waals surface area contributed by atoms with Crippen LogP contribution < -0.4 is 0 Å². The minimum absolute atomic E-state index is 0.0630. The standard InChI is InChI=1S/C14H20FNO3S/c1-3-12-6-4-10(2)16(12)20(18,19)14-7-5-11(9-17)8-13(14)15/h5,7-8,10,12,17H,3-4,6,9H2,1-2H3. The van der Waals surface area contributed by atoms with Gasteiger partial charge in [-0.2, -0.15) is 4.31 Å². The first kappa shape index (κ1) is 15.4. The highest BCUT2D eigenvalue weighted by atomic mass is 32.2. The Bertz CT molecular complexity index is 588. The lowest BCUT2D eigenvalue weighted by Gasteiger charge is -2.27. The van der Waals surface area contributed by atoms with E-state index in [1.807, 2.05) is 13.8 Å². The van der Waals surface area contributed by atoms with Gasteiger partial charge in [0.2, 0.25) is 10.0 Å². The highest BCUT2D eigenvalue weighted by Gasteiger charge is 2.40. The summed E-state index contributed by atoms with van der Waals surface area (Å²) in [5, 5.41) is 8.96. The van der Waals surface area contributed by atoms with Crippen molar-refractivity contribution in [2.24, 2.45) is 0 Å². The van der Waals surface area contributed by atoms with Gasteiger partial charge in [-0.25, -0.2) is 12.8 Å². The first-order valence-corrected chi connectivity index (χ1v) is 8.28.